The second kappa shape index (κ2) is 13.8. The van der Waals surface area contributed by atoms with Crippen molar-refractivity contribution in [2.75, 3.05) is 13.2 Å². The molecular weight excluding hydrogens is 423 g/mol. The predicted octanol–water partition coefficient (Wildman–Crippen LogP) is 2.98. The highest BCUT2D eigenvalue weighted by molar-refractivity contribution is 5.85. The second-order valence-corrected chi connectivity index (χ2v) is 6.66. The van der Waals surface area contributed by atoms with E-state index >= 15 is 0 Å². The van der Waals surface area contributed by atoms with Gasteiger partial charge in [0.15, 0.2) is 0 Å². The van der Waals surface area contributed by atoms with Gasteiger partial charge >= 0.3 is 0 Å². The van der Waals surface area contributed by atoms with Crippen molar-refractivity contribution in [2.24, 2.45) is 5.73 Å². The van der Waals surface area contributed by atoms with Crippen LogP contribution in [0.4, 0.5) is 0 Å². The molecule has 0 aliphatic rings. The van der Waals surface area contributed by atoms with Crippen LogP contribution < -0.4 is 11.1 Å². The number of benzene rings is 2. The zero-order chi connectivity index (χ0) is 19.6. The van der Waals surface area contributed by atoms with Crippen molar-refractivity contribution < 1.29 is 9.53 Å². The molecule has 3 N–H and O–H groups in total. The Hall–Kier alpha value is -2.38. The van der Waals surface area contributed by atoms with Crippen molar-refractivity contribution in [3.8, 4) is 0 Å². The molecule has 0 unspecified atom stereocenters. The SMILES string of the molecule is Cl.Cl.N[C@@H](Cc1cn(Cc2ccccc2)cn1)C(=O)NCCOCc1ccccc1. The maximum Gasteiger partial charge on any atom is 0.237 e. The quantitative estimate of drug-likeness (QED) is 0.465. The normalized spacial score (nSPS) is 11.1. The molecule has 0 saturated heterocycles. The minimum Gasteiger partial charge on any atom is -0.375 e. The first-order chi connectivity index (χ1) is 13.7. The molecule has 3 rings (SSSR count). The first-order valence-electron chi connectivity index (χ1n) is 9.40. The number of amides is 1. The van der Waals surface area contributed by atoms with E-state index in [1.54, 1.807) is 6.33 Å². The van der Waals surface area contributed by atoms with E-state index < -0.39 is 6.04 Å². The largest absolute Gasteiger partial charge is 0.375 e. The number of imidazole rings is 1. The molecule has 0 aliphatic heterocycles. The van der Waals surface area contributed by atoms with Crippen molar-refractivity contribution in [3.63, 3.8) is 0 Å². The molecule has 1 aromatic heterocycles. The standard InChI is InChI=1S/C22H26N4O2.2ClH/c23-21(22(27)24-11-12-28-16-19-9-5-2-6-10-19)13-20-15-26(17-25-20)14-18-7-3-1-4-8-18;;/h1-10,15,17,21H,11-14,16,23H2,(H,24,27);2*1H/t21-;;/m0../s1. The van der Waals surface area contributed by atoms with E-state index in [1.165, 1.54) is 5.56 Å². The lowest BCUT2D eigenvalue weighted by Gasteiger charge is -2.11. The molecule has 162 valence electrons. The highest BCUT2D eigenvalue weighted by Gasteiger charge is 2.15. The van der Waals surface area contributed by atoms with Gasteiger partial charge in [0.1, 0.15) is 0 Å². The summed E-state index contributed by atoms with van der Waals surface area (Å²) in [5.74, 6) is -0.194. The Labute approximate surface area is 189 Å². The van der Waals surface area contributed by atoms with Crippen LogP contribution >= 0.6 is 24.8 Å². The van der Waals surface area contributed by atoms with Crippen molar-refractivity contribution in [1.29, 1.82) is 0 Å². The summed E-state index contributed by atoms with van der Waals surface area (Å²) in [4.78, 5) is 16.5. The Morgan fingerprint density at radius 2 is 1.67 bits per heavy atom. The number of ether oxygens (including phenoxy) is 1. The number of halogens is 2. The Morgan fingerprint density at radius 3 is 2.33 bits per heavy atom. The summed E-state index contributed by atoms with van der Waals surface area (Å²) >= 11 is 0. The fourth-order valence-corrected chi connectivity index (χ4v) is 2.85. The van der Waals surface area contributed by atoms with Gasteiger partial charge in [-0.3, -0.25) is 4.79 Å². The van der Waals surface area contributed by atoms with Gasteiger partial charge in [0.05, 0.1) is 31.3 Å². The third-order valence-electron chi connectivity index (χ3n) is 4.32. The minimum absolute atomic E-state index is 0. The number of carbonyl (C=O) groups is 1. The van der Waals surface area contributed by atoms with Crippen LogP contribution in [0.1, 0.15) is 16.8 Å². The highest BCUT2D eigenvalue weighted by atomic mass is 35.5. The average Bonchev–Trinajstić information content (AvgIpc) is 3.15. The van der Waals surface area contributed by atoms with Gasteiger partial charge in [0, 0.05) is 25.7 Å². The van der Waals surface area contributed by atoms with Crippen molar-refractivity contribution in [3.05, 3.63) is 90.0 Å². The van der Waals surface area contributed by atoms with Gasteiger partial charge < -0.3 is 20.4 Å². The van der Waals surface area contributed by atoms with Gasteiger partial charge in [-0.1, -0.05) is 60.7 Å². The number of rotatable bonds is 10. The van der Waals surface area contributed by atoms with Crippen molar-refractivity contribution >= 4 is 30.7 Å². The van der Waals surface area contributed by atoms with Crippen LogP contribution in [-0.2, 0) is 29.1 Å². The molecule has 1 heterocycles. The van der Waals surface area contributed by atoms with Crippen LogP contribution in [0.3, 0.4) is 0 Å². The van der Waals surface area contributed by atoms with Crippen LogP contribution in [0.5, 0.6) is 0 Å². The van der Waals surface area contributed by atoms with Gasteiger partial charge in [-0.05, 0) is 11.1 Å². The average molecular weight is 451 g/mol. The maximum atomic E-state index is 12.2. The van der Waals surface area contributed by atoms with E-state index in [1.807, 2.05) is 59.3 Å². The molecule has 0 bridgehead atoms. The summed E-state index contributed by atoms with van der Waals surface area (Å²) < 4.78 is 7.55. The van der Waals surface area contributed by atoms with E-state index in [-0.39, 0.29) is 30.7 Å². The molecule has 0 saturated carbocycles. The fourth-order valence-electron chi connectivity index (χ4n) is 2.85. The van der Waals surface area contributed by atoms with Gasteiger partial charge in [-0.25, -0.2) is 4.98 Å². The number of nitrogens with one attached hydrogen (secondary N) is 1. The smallest absolute Gasteiger partial charge is 0.237 e. The Kier molecular flexibility index (Phi) is 11.8. The third-order valence-corrected chi connectivity index (χ3v) is 4.32. The molecule has 0 radical (unpaired) electrons. The highest BCUT2D eigenvalue weighted by Crippen LogP contribution is 2.05. The van der Waals surface area contributed by atoms with Crippen LogP contribution in [0.15, 0.2) is 73.2 Å². The molecule has 0 fully saturated rings. The summed E-state index contributed by atoms with van der Waals surface area (Å²) in [6.45, 7) is 2.15. The van der Waals surface area contributed by atoms with E-state index in [4.69, 9.17) is 10.5 Å². The third kappa shape index (κ3) is 8.55. The molecule has 1 amide bonds. The second-order valence-electron chi connectivity index (χ2n) is 6.66. The predicted molar refractivity (Wildman–Crippen MR) is 123 cm³/mol. The topological polar surface area (TPSA) is 82.2 Å². The van der Waals surface area contributed by atoms with E-state index in [0.717, 1.165) is 17.8 Å². The summed E-state index contributed by atoms with van der Waals surface area (Å²) in [5, 5.41) is 2.81. The van der Waals surface area contributed by atoms with Gasteiger partial charge in [-0.2, -0.15) is 0 Å². The zero-order valence-corrected chi connectivity index (χ0v) is 18.3. The lowest BCUT2D eigenvalue weighted by Crippen LogP contribution is -2.43. The number of nitrogens with zero attached hydrogens (tertiary/aromatic N) is 2. The molecule has 2 aromatic carbocycles. The zero-order valence-electron chi connectivity index (χ0n) is 16.6. The number of hydrogen-bond donors (Lipinski definition) is 2. The lowest BCUT2D eigenvalue weighted by molar-refractivity contribution is -0.122. The van der Waals surface area contributed by atoms with Crippen molar-refractivity contribution in [2.45, 2.75) is 25.6 Å². The van der Waals surface area contributed by atoms with E-state index in [2.05, 4.69) is 22.4 Å². The van der Waals surface area contributed by atoms with Crippen LogP contribution in [0.25, 0.3) is 0 Å². The summed E-state index contributed by atoms with van der Waals surface area (Å²) in [5.41, 5.74) is 9.13. The van der Waals surface area contributed by atoms with Crippen molar-refractivity contribution in [1.82, 2.24) is 14.9 Å². The van der Waals surface area contributed by atoms with Crippen LogP contribution in [0.2, 0.25) is 0 Å². The molecule has 0 spiro atoms. The molecule has 0 aliphatic carbocycles. The van der Waals surface area contributed by atoms with Gasteiger partial charge in [-0.15, -0.1) is 24.8 Å². The van der Waals surface area contributed by atoms with E-state index in [0.29, 0.717) is 26.2 Å². The minimum atomic E-state index is -0.630. The number of aromatic nitrogens is 2. The number of nitrogens with two attached hydrogens (primary N) is 1. The Bertz CT molecular complexity index is 860. The first kappa shape index (κ1) is 25.7. The number of hydrogen-bond acceptors (Lipinski definition) is 4. The molecule has 1 atom stereocenters. The van der Waals surface area contributed by atoms with Gasteiger partial charge in [0.25, 0.3) is 0 Å². The Morgan fingerprint density at radius 1 is 1.03 bits per heavy atom. The Balaban J connectivity index is 0.00000225. The summed E-state index contributed by atoms with van der Waals surface area (Å²) in [6.07, 6.45) is 4.10. The van der Waals surface area contributed by atoms with Crippen LogP contribution in [-0.4, -0.2) is 34.7 Å². The molecule has 3 aromatic rings. The monoisotopic (exact) mass is 450 g/mol. The number of carbonyl (C=O) groups excluding carboxylic acids is 1. The van der Waals surface area contributed by atoms with Crippen LogP contribution in [0, 0.1) is 0 Å². The molecule has 6 nitrogen and oxygen atoms in total. The molecular formula is C22H28Cl2N4O2. The summed E-state index contributed by atoms with van der Waals surface area (Å²) in [6, 6.07) is 19.4. The molecule has 30 heavy (non-hydrogen) atoms. The first-order valence-corrected chi connectivity index (χ1v) is 9.40. The lowest BCUT2D eigenvalue weighted by atomic mass is 10.1. The van der Waals surface area contributed by atoms with Gasteiger partial charge in [0.2, 0.25) is 5.91 Å². The summed E-state index contributed by atoms with van der Waals surface area (Å²) in [7, 11) is 0. The molecule has 8 heteroatoms. The fraction of sp³-hybridized carbons (Fsp3) is 0.273. The van der Waals surface area contributed by atoms with E-state index in [9.17, 15) is 4.79 Å². The maximum absolute atomic E-state index is 12.2.